The van der Waals surface area contributed by atoms with Gasteiger partial charge in [-0.25, -0.2) is 0 Å². The molecule has 5 nitrogen and oxygen atoms in total. The molecular formula is C15H25NO4. The molecule has 0 unspecified atom stereocenters. The van der Waals surface area contributed by atoms with Crippen molar-refractivity contribution >= 4 is 11.9 Å². The number of carboxylic acids is 1. The molecule has 20 heavy (non-hydrogen) atoms. The van der Waals surface area contributed by atoms with E-state index >= 15 is 0 Å². The average molecular weight is 283 g/mol. The molecular weight excluding hydrogens is 258 g/mol. The summed E-state index contributed by atoms with van der Waals surface area (Å²) in [5, 5.41) is 8.74. The first kappa shape index (κ1) is 15.3. The number of nitrogens with zero attached hydrogens (tertiary/aromatic N) is 1. The van der Waals surface area contributed by atoms with E-state index in [4.69, 9.17) is 9.84 Å². The standard InChI is InChI=1S/C15H25NO4/c17-14(10-13-5-1-2-9-20-13)16-8-3-4-12(11-16)6-7-15(18)19/h12-13H,1-11H2,(H,18,19)/t12-,13-/m0/s1. The van der Waals surface area contributed by atoms with E-state index in [0.717, 1.165) is 51.8 Å². The van der Waals surface area contributed by atoms with Gasteiger partial charge in [-0.2, -0.15) is 0 Å². The second-order valence-corrected chi connectivity index (χ2v) is 5.97. The van der Waals surface area contributed by atoms with Gasteiger partial charge in [0, 0.05) is 26.1 Å². The number of carbonyl (C=O) groups excluding carboxylic acids is 1. The topological polar surface area (TPSA) is 66.8 Å². The molecule has 2 rings (SSSR count). The lowest BCUT2D eigenvalue weighted by Gasteiger charge is -2.34. The van der Waals surface area contributed by atoms with Crippen LogP contribution in [-0.4, -0.2) is 47.7 Å². The molecule has 2 heterocycles. The Balaban J connectivity index is 1.75. The van der Waals surface area contributed by atoms with Gasteiger partial charge >= 0.3 is 5.97 Å². The third-order valence-corrected chi connectivity index (χ3v) is 4.31. The van der Waals surface area contributed by atoms with Crippen molar-refractivity contribution in [3.63, 3.8) is 0 Å². The molecule has 2 saturated heterocycles. The van der Waals surface area contributed by atoms with Gasteiger partial charge in [-0.3, -0.25) is 9.59 Å². The van der Waals surface area contributed by atoms with E-state index in [1.165, 1.54) is 0 Å². The first-order chi connectivity index (χ1) is 9.65. The Bertz CT molecular complexity index is 339. The van der Waals surface area contributed by atoms with Crippen molar-refractivity contribution in [2.45, 2.75) is 57.5 Å². The second kappa shape index (κ2) is 7.62. The number of carboxylic acid groups (broad SMARTS) is 1. The van der Waals surface area contributed by atoms with Crippen LogP contribution in [0.25, 0.3) is 0 Å². The van der Waals surface area contributed by atoms with Crippen molar-refractivity contribution in [3.8, 4) is 0 Å². The molecule has 2 aliphatic rings. The lowest BCUT2D eigenvalue weighted by molar-refractivity contribution is -0.137. The minimum absolute atomic E-state index is 0.0932. The molecule has 0 saturated carbocycles. The van der Waals surface area contributed by atoms with Crippen LogP contribution in [0.1, 0.15) is 51.4 Å². The fraction of sp³-hybridized carbons (Fsp3) is 0.867. The minimum atomic E-state index is -0.746. The highest BCUT2D eigenvalue weighted by Crippen LogP contribution is 2.23. The number of likely N-dealkylation sites (tertiary alicyclic amines) is 1. The summed E-state index contributed by atoms with van der Waals surface area (Å²) in [5.41, 5.74) is 0. The van der Waals surface area contributed by atoms with E-state index in [0.29, 0.717) is 18.8 Å². The molecule has 114 valence electrons. The number of ether oxygens (including phenoxy) is 1. The molecule has 0 aromatic carbocycles. The summed E-state index contributed by atoms with van der Waals surface area (Å²) in [6.07, 6.45) is 6.74. The smallest absolute Gasteiger partial charge is 0.303 e. The summed E-state index contributed by atoms with van der Waals surface area (Å²) < 4.78 is 5.62. The van der Waals surface area contributed by atoms with Crippen molar-refractivity contribution in [2.24, 2.45) is 5.92 Å². The molecule has 2 aliphatic heterocycles. The van der Waals surface area contributed by atoms with Crippen LogP contribution >= 0.6 is 0 Å². The predicted molar refractivity (Wildman–Crippen MR) is 74.4 cm³/mol. The minimum Gasteiger partial charge on any atom is -0.481 e. The van der Waals surface area contributed by atoms with Gasteiger partial charge in [0.2, 0.25) is 5.91 Å². The molecule has 0 radical (unpaired) electrons. The number of amides is 1. The number of rotatable bonds is 5. The predicted octanol–water partition coefficient (Wildman–Crippen LogP) is 2.05. The monoisotopic (exact) mass is 283 g/mol. The summed E-state index contributed by atoms with van der Waals surface area (Å²) in [6.45, 7) is 2.31. The van der Waals surface area contributed by atoms with Crippen molar-refractivity contribution in [1.29, 1.82) is 0 Å². The molecule has 0 spiro atoms. The molecule has 0 bridgehead atoms. The summed E-state index contributed by atoms with van der Waals surface area (Å²) in [7, 11) is 0. The maximum Gasteiger partial charge on any atom is 0.303 e. The SMILES string of the molecule is O=C(O)CC[C@@H]1CCCN(C(=O)C[C@@H]2CCCCO2)C1. The van der Waals surface area contributed by atoms with Crippen LogP contribution in [0.3, 0.4) is 0 Å². The van der Waals surface area contributed by atoms with Gasteiger partial charge in [-0.1, -0.05) is 0 Å². The third-order valence-electron chi connectivity index (χ3n) is 4.31. The van der Waals surface area contributed by atoms with Gasteiger partial charge in [0.1, 0.15) is 0 Å². The number of carbonyl (C=O) groups is 2. The maximum absolute atomic E-state index is 12.3. The van der Waals surface area contributed by atoms with Crippen LogP contribution in [0.4, 0.5) is 0 Å². The van der Waals surface area contributed by atoms with Gasteiger partial charge in [-0.15, -0.1) is 0 Å². The van der Waals surface area contributed by atoms with Crippen molar-refractivity contribution in [3.05, 3.63) is 0 Å². The van der Waals surface area contributed by atoms with E-state index < -0.39 is 5.97 Å². The molecule has 0 aromatic rings. The lowest BCUT2D eigenvalue weighted by Crippen LogP contribution is -2.41. The van der Waals surface area contributed by atoms with Crippen LogP contribution in [0.15, 0.2) is 0 Å². The normalized spacial score (nSPS) is 27.3. The summed E-state index contributed by atoms with van der Waals surface area (Å²) >= 11 is 0. The maximum atomic E-state index is 12.3. The van der Waals surface area contributed by atoms with Crippen LogP contribution in [0.2, 0.25) is 0 Å². The highest BCUT2D eigenvalue weighted by atomic mass is 16.5. The van der Waals surface area contributed by atoms with Crippen molar-refractivity contribution in [2.75, 3.05) is 19.7 Å². The Hall–Kier alpha value is -1.10. The number of aliphatic carboxylic acids is 1. The van der Waals surface area contributed by atoms with Gasteiger partial charge < -0.3 is 14.7 Å². The molecule has 0 aliphatic carbocycles. The molecule has 1 amide bonds. The molecule has 5 heteroatoms. The zero-order valence-corrected chi connectivity index (χ0v) is 12.1. The van der Waals surface area contributed by atoms with Gasteiger partial charge in [0.25, 0.3) is 0 Å². The Kier molecular flexibility index (Phi) is 5.83. The van der Waals surface area contributed by atoms with Crippen molar-refractivity contribution in [1.82, 2.24) is 4.90 Å². The quantitative estimate of drug-likeness (QED) is 0.838. The van der Waals surface area contributed by atoms with Gasteiger partial charge in [-0.05, 0) is 44.4 Å². The Morgan fingerprint density at radius 3 is 2.75 bits per heavy atom. The highest BCUT2D eigenvalue weighted by molar-refractivity contribution is 5.76. The second-order valence-electron chi connectivity index (χ2n) is 5.97. The first-order valence-electron chi connectivity index (χ1n) is 7.76. The Morgan fingerprint density at radius 1 is 1.20 bits per heavy atom. The van der Waals surface area contributed by atoms with Crippen LogP contribution < -0.4 is 0 Å². The van der Waals surface area contributed by atoms with E-state index in [9.17, 15) is 9.59 Å². The summed E-state index contributed by atoms with van der Waals surface area (Å²) in [4.78, 5) is 24.8. The zero-order valence-electron chi connectivity index (χ0n) is 12.1. The number of hydrogen-bond donors (Lipinski definition) is 1. The van der Waals surface area contributed by atoms with Crippen LogP contribution in [0.5, 0.6) is 0 Å². The largest absolute Gasteiger partial charge is 0.481 e. The number of hydrogen-bond acceptors (Lipinski definition) is 3. The molecule has 1 N–H and O–H groups in total. The molecule has 2 fully saturated rings. The van der Waals surface area contributed by atoms with Crippen LogP contribution in [-0.2, 0) is 14.3 Å². The van der Waals surface area contributed by atoms with Gasteiger partial charge in [0.15, 0.2) is 0 Å². The number of piperidine rings is 1. The molecule has 2 atom stereocenters. The fourth-order valence-electron chi connectivity index (χ4n) is 3.15. The molecule has 0 aromatic heterocycles. The van der Waals surface area contributed by atoms with E-state index in [1.807, 2.05) is 4.90 Å². The van der Waals surface area contributed by atoms with Crippen LogP contribution in [0, 0.1) is 5.92 Å². The lowest BCUT2D eigenvalue weighted by atomic mass is 9.93. The Morgan fingerprint density at radius 2 is 2.05 bits per heavy atom. The van der Waals surface area contributed by atoms with Gasteiger partial charge in [0.05, 0.1) is 12.5 Å². The third kappa shape index (κ3) is 4.78. The first-order valence-corrected chi connectivity index (χ1v) is 7.76. The van der Waals surface area contributed by atoms with Crippen molar-refractivity contribution < 1.29 is 19.4 Å². The van der Waals surface area contributed by atoms with E-state index in [1.54, 1.807) is 0 Å². The van der Waals surface area contributed by atoms with E-state index in [2.05, 4.69) is 0 Å². The van der Waals surface area contributed by atoms with E-state index in [-0.39, 0.29) is 18.4 Å². The average Bonchev–Trinajstić information content (AvgIpc) is 2.46. The Labute approximate surface area is 120 Å². The zero-order chi connectivity index (χ0) is 14.4. The summed E-state index contributed by atoms with van der Waals surface area (Å²) in [6, 6.07) is 0. The highest BCUT2D eigenvalue weighted by Gasteiger charge is 2.26. The fourth-order valence-corrected chi connectivity index (χ4v) is 3.15. The summed E-state index contributed by atoms with van der Waals surface area (Å²) in [5.74, 6) is -0.225.